The number of aromatic nitrogens is 2. The first kappa shape index (κ1) is 18.7. The maximum Gasteiger partial charge on any atom is 0.191 e. The van der Waals surface area contributed by atoms with Gasteiger partial charge in [0.25, 0.3) is 0 Å². The van der Waals surface area contributed by atoms with Gasteiger partial charge in [0, 0.05) is 32.5 Å². The molecule has 0 aliphatic carbocycles. The number of aryl methyl sites for hydroxylation is 2. The number of benzene rings is 2. The Balaban J connectivity index is 1.54. The zero-order valence-electron chi connectivity index (χ0n) is 16.2. The lowest BCUT2D eigenvalue weighted by atomic mass is 10.1. The van der Waals surface area contributed by atoms with Gasteiger partial charge >= 0.3 is 0 Å². The number of aliphatic imine (C=N–C) groups is 1. The van der Waals surface area contributed by atoms with Crippen LogP contribution in [0.25, 0.3) is 0 Å². The molecular weight excluding hydrogens is 334 g/mol. The summed E-state index contributed by atoms with van der Waals surface area (Å²) in [4.78, 5) is 4.33. The number of nitrogens with zero attached hydrogens (tertiary/aromatic N) is 3. The molecule has 140 valence electrons. The number of guanidine groups is 1. The zero-order valence-corrected chi connectivity index (χ0v) is 16.2. The molecule has 27 heavy (non-hydrogen) atoms. The molecule has 0 bridgehead atoms. The average molecular weight is 361 g/mol. The molecule has 1 aromatic heterocycles. The maximum atomic E-state index is 4.33. The van der Waals surface area contributed by atoms with Gasteiger partial charge in [-0.15, -0.1) is 0 Å². The molecule has 0 saturated heterocycles. The predicted octanol–water partition coefficient (Wildman–Crippen LogP) is 3.41. The van der Waals surface area contributed by atoms with Crippen LogP contribution >= 0.6 is 0 Å². The molecule has 0 aliphatic rings. The van der Waals surface area contributed by atoms with Crippen molar-refractivity contribution in [1.29, 1.82) is 0 Å². The number of hydrogen-bond acceptors (Lipinski definition) is 2. The summed E-state index contributed by atoms with van der Waals surface area (Å²) in [6, 6.07) is 17.0. The van der Waals surface area contributed by atoms with E-state index in [-0.39, 0.29) is 0 Å². The van der Waals surface area contributed by atoms with Crippen molar-refractivity contribution < 1.29 is 0 Å². The molecule has 5 heteroatoms. The second-order valence-corrected chi connectivity index (χ2v) is 6.73. The van der Waals surface area contributed by atoms with Gasteiger partial charge in [-0.2, -0.15) is 5.10 Å². The first-order valence-corrected chi connectivity index (χ1v) is 9.20. The molecule has 0 unspecified atom stereocenters. The maximum absolute atomic E-state index is 4.33. The van der Waals surface area contributed by atoms with E-state index >= 15 is 0 Å². The first-order chi connectivity index (χ1) is 13.1. The Morgan fingerprint density at radius 3 is 2.56 bits per heavy atom. The Morgan fingerprint density at radius 2 is 1.81 bits per heavy atom. The SMILES string of the molecule is CN=C(NCc1cccc(Cn2cccn2)c1)NCc1ccc(C)cc1C. The highest BCUT2D eigenvalue weighted by molar-refractivity contribution is 5.79. The van der Waals surface area contributed by atoms with Crippen LogP contribution < -0.4 is 10.6 Å². The van der Waals surface area contributed by atoms with Crippen LogP contribution in [0, 0.1) is 13.8 Å². The van der Waals surface area contributed by atoms with Crippen molar-refractivity contribution in [2.45, 2.75) is 33.5 Å². The van der Waals surface area contributed by atoms with E-state index < -0.39 is 0 Å². The fourth-order valence-electron chi connectivity index (χ4n) is 3.05. The van der Waals surface area contributed by atoms with Gasteiger partial charge in [0.1, 0.15) is 0 Å². The molecular formula is C22H27N5. The van der Waals surface area contributed by atoms with E-state index in [4.69, 9.17) is 0 Å². The van der Waals surface area contributed by atoms with Gasteiger partial charge in [0.2, 0.25) is 0 Å². The molecule has 0 atom stereocenters. The second kappa shape index (κ2) is 9.03. The summed E-state index contributed by atoms with van der Waals surface area (Å²) in [5.74, 6) is 0.799. The number of rotatable bonds is 6. The molecule has 3 aromatic rings. The molecule has 5 nitrogen and oxygen atoms in total. The van der Waals surface area contributed by atoms with E-state index in [2.05, 4.69) is 77.0 Å². The van der Waals surface area contributed by atoms with Crippen molar-refractivity contribution in [3.05, 3.63) is 88.7 Å². The van der Waals surface area contributed by atoms with E-state index in [1.165, 1.54) is 27.8 Å². The standard InChI is InChI=1S/C22H27N5/c1-17-8-9-21(18(2)12-17)15-25-22(23-3)24-14-19-6-4-7-20(13-19)16-27-11-5-10-26-27/h4-13H,14-16H2,1-3H3,(H2,23,24,25). The molecule has 3 rings (SSSR count). The van der Waals surface area contributed by atoms with Crippen molar-refractivity contribution >= 4 is 5.96 Å². The minimum atomic E-state index is 0.722. The van der Waals surface area contributed by atoms with Crippen LogP contribution in [0.15, 0.2) is 65.9 Å². The molecule has 2 aromatic carbocycles. The fraction of sp³-hybridized carbons (Fsp3) is 0.273. The summed E-state index contributed by atoms with van der Waals surface area (Å²) < 4.78 is 1.93. The molecule has 1 heterocycles. The Bertz CT molecular complexity index is 897. The van der Waals surface area contributed by atoms with E-state index in [9.17, 15) is 0 Å². The Labute approximate surface area is 161 Å². The lowest BCUT2D eigenvalue weighted by molar-refractivity contribution is 0.685. The Hall–Kier alpha value is -3.08. The molecule has 0 fully saturated rings. The van der Waals surface area contributed by atoms with E-state index in [0.29, 0.717) is 0 Å². The van der Waals surface area contributed by atoms with Gasteiger partial charge in [-0.3, -0.25) is 9.67 Å². The van der Waals surface area contributed by atoms with Gasteiger partial charge in [-0.05, 0) is 42.2 Å². The minimum Gasteiger partial charge on any atom is -0.352 e. The van der Waals surface area contributed by atoms with Crippen LogP contribution in [0.5, 0.6) is 0 Å². The largest absolute Gasteiger partial charge is 0.352 e. The van der Waals surface area contributed by atoms with Crippen molar-refractivity contribution in [2.75, 3.05) is 7.05 Å². The van der Waals surface area contributed by atoms with E-state index in [1.807, 2.05) is 16.9 Å². The lowest BCUT2D eigenvalue weighted by Crippen LogP contribution is -2.36. The van der Waals surface area contributed by atoms with Crippen LogP contribution in [0.1, 0.15) is 27.8 Å². The first-order valence-electron chi connectivity index (χ1n) is 9.20. The van der Waals surface area contributed by atoms with Gasteiger partial charge in [0.15, 0.2) is 5.96 Å². The third-order valence-corrected chi connectivity index (χ3v) is 4.52. The summed E-state index contributed by atoms with van der Waals surface area (Å²) in [6.45, 7) is 6.52. The van der Waals surface area contributed by atoms with E-state index in [0.717, 1.165) is 25.6 Å². The second-order valence-electron chi connectivity index (χ2n) is 6.73. The summed E-state index contributed by atoms with van der Waals surface area (Å²) in [5.41, 5.74) is 6.31. The van der Waals surface area contributed by atoms with Crippen LogP contribution in [0.3, 0.4) is 0 Å². The van der Waals surface area contributed by atoms with Crippen molar-refractivity contribution in [2.24, 2.45) is 4.99 Å². The van der Waals surface area contributed by atoms with Gasteiger partial charge in [0.05, 0.1) is 6.54 Å². The molecule has 0 saturated carbocycles. The zero-order chi connectivity index (χ0) is 19.1. The van der Waals surface area contributed by atoms with Crippen LogP contribution in [-0.2, 0) is 19.6 Å². The molecule has 2 N–H and O–H groups in total. The van der Waals surface area contributed by atoms with Crippen molar-refractivity contribution in [1.82, 2.24) is 20.4 Å². The van der Waals surface area contributed by atoms with Crippen LogP contribution in [0.2, 0.25) is 0 Å². The predicted molar refractivity (Wildman–Crippen MR) is 111 cm³/mol. The van der Waals surface area contributed by atoms with Gasteiger partial charge in [-0.1, -0.05) is 48.0 Å². The topological polar surface area (TPSA) is 54.2 Å². The average Bonchev–Trinajstić information content (AvgIpc) is 3.16. The van der Waals surface area contributed by atoms with Crippen LogP contribution in [0.4, 0.5) is 0 Å². The van der Waals surface area contributed by atoms with E-state index in [1.54, 1.807) is 13.2 Å². The molecule has 0 aliphatic heterocycles. The Morgan fingerprint density at radius 1 is 1.00 bits per heavy atom. The molecule has 0 radical (unpaired) electrons. The van der Waals surface area contributed by atoms with Crippen molar-refractivity contribution in [3.8, 4) is 0 Å². The monoisotopic (exact) mass is 361 g/mol. The van der Waals surface area contributed by atoms with Gasteiger partial charge < -0.3 is 10.6 Å². The number of nitrogens with one attached hydrogen (secondary N) is 2. The highest BCUT2D eigenvalue weighted by Crippen LogP contribution is 2.10. The third-order valence-electron chi connectivity index (χ3n) is 4.52. The summed E-state index contributed by atoms with van der Waals surface area (Å²) >= 11 is 0. The minimum absolute atomic E-state index is 0.722. The van der Waals surface area contributed by atoms with Crippen molar-refractivity contribution in [3.63, 3.8) is 0 Å². The summed E-state index contributed by atoms with van der Waals surface area (Å²) in [7, 11) is 1.80. The fourth-order valence-corrected chi connectivity index (χ4v) is 3.05. The lowest BCUT2D eigenvalue weighted by Gasteiger charge is -2.14. The third kappa shape index (κ3) is 5.45. The highest BCUT2D eigenvalue weighted by atomic mass is 15.3. The molecule has 0 spiro atoms. The smallest absolute Gasteiger partial charge is 0.191 e. The number of hydrogen-bond donors (Lipinski definition) is 2. The molecule has 0 amide bonds. The highest BCUT2D eigenvalue weighted by Gasteiger charge is 2.03. The summed E-state index contributed by atoms with van der Waals surface area (Å²) in [6.07, 6.45) is 3.78. The quantitative estimate of drug-likeness (QED) is 0.522. The van der Waals surface area contributed by atoms with Crippen LogP contribution in [-0.4, -0.2) is 22.8 Å². The Kier molecular flexibility index (Phi) is 6.26. The summed E-state index contributed by atoms with van der Waals surface area (Å²) in [5, 5.41) is 11.0. The van der Waals surface area contributed by atoms with Gasteiger partial charge in [-0.25, -0.2) is 0 Å². The normalized spacial score (nSPS) is 11.4.